The third-order valence-electron chi connectivity index (χ3n) is 3.74. The lowest BCUT2D eigenvalue weighted by Crippen LogP contribution is -2.33. The van der Waals surface area contributed by atoms with Gasteiger partial charge >= 0.3 is 0 Å². The van der Waals surface area contributed by atoms with E-state index in [1.54, 1.807) is 0 Å². The van der Waals surface area contributed by atoms with Crippen LogP contribution in [0.5, 0.6) is 0 Å². The first-order valence-electron chi connectivity index (χ1n) is 7.17. The molecule has 2 rings (SSSR count). The molecule has 0 saturated heterocycles. The van der Waals surface area contributed by atoms with Crippen LogP contribution in [0.2, 0.25) is 0 Å². The van der Waals surface area contributed by atoms with Crippen molar-refractivity contribution in [2.45, 2.75) is 51.0 Å². The summed E-state index contributed by atoms with van der Waals surface area (Å²) in [4.78, 5) is 4.54. The van der Waals surface area contributed by atoms with E-state index in [0.29, 0.717) is 5.84 Å². The lowest BCUT2D eigenvalue weighted by Gasteiger charge is -2.13. The number of nitrogens with one attached hydrogen (secondary N) is 1. The minimum atomic E-state index is -0.561. The highest BCUT2D eigenvalue weighted by Crippen LogP contribution is 2.20. The number of nitrogens with two attached hydrogens (primary N) is 1. The maximum Gasteiger partial charge on any atom is 0.129 e. The summed E-state index contributed by atoms with van der Waals surface area (Å²) in [6.07, 6.45) is 6.88. The Morgan fingerprint density at radius 1 is 1.15 bits per heavy atom. The minimum Gasteiger partial charge on any atom is -0.312 e. The van der Waals surface area contributed by atoms with Gasteiger partial charge in [0.1, 0.15) is 17.5 Å². The largest absolute Gasteiger partial charge is 0.312 e. The zero-order valence-corrected chi connectivity index (χ0v) is 11.5. The van der Waals surface area contributed by atoms with Gasteiger partial charge in [-0.25, -0.2) is 14.6 Å². The van der Waals surface area contributed by atoms with Crippen LogP contribution < -0.4 is 11.3 Å². The molecule has 1 aliphatic rings. The summed E-state index contributed by atoms with van der Waals surface area (Å²) in [5.41, 5.74) is 2.50. The SMILES string of the molecule is NNC(Cc1c(F)cccc1F)=NC1CCCCCC1. The Hall–Kier alpha value is -1.49. The molecule has 0 amide bonds. The number of halogens is 2. The molecule has 0 spiro atoms. The topological polar surface area (TPSA) is 50.4 Å². The van der Waals surface area contributed by atoms with Gasteiger partial charge in [-0.3, -0.25) is 4.99 Å². The maximum absolute atomic E-state index is 13.6. The first-order chi connectivity index (χ1) is 9.70. The number of hydrazine groups is 1. The van der Waals surface area contributed by atoms with Crippen LogP contribution in [0.4, 0.5) is 8.78 Å². The third kappa shape index (κ3) is 4.00. The Kier molecular flexibility index (Phi) is 5.47. The molecule has 0 aromatic heterocycles. The molecule has 0 aliphatic heterocycles. The fraction of sp³-hybridized carbons (Fsp3) is 0.533. The van der Waals surface area contributed by atoms with E-state index < -0.39 is 11.6 Å². The van der Waals surface area contributed by atoms with Crippen molar-refractivity contribution in [2.24, 2.45) is 10.8 Å². The Morgan fingerprint density at radius 3 is 2.30 bits per heavy atom. The second-order valence-electron chi connectivity index (χ2n) is 5.24. The summed E-state index contributed by atoms with van der Waals surface area (Å²) < 4.78 is 27.3. The van der Waals surface area contributed by atoms with Crippen LogP contribution in [0, 0.1) is 11.6 Å². The summed E-state index contributed by atoms with van der Waals surface area (Å²) in [5, 5.41) is 0. The van der Waals surface area contributed by atoms with Crippen molar-refractivity contribution in [3.05, 3.63) is 35.4 Å². The summed E-state index contributed by atoms with van der Waals surface area (Å²) >= 11 is 0. The van der Waals surface area contributed by atoms with Crippen molar-refractivity contribution in [3.63, 3.8) is 0 Å². The van der Waals surface area contributed by atoms with E-state index in [4.69, 9.17) is 5.84 Å². The van der Waals surface area contributed by atoms with E-state index >= 15 is 0 Å². The third-order valence-corrected chi connectivity index (χ3v) is 3.74. The predicted octanol–water partition coefficient (Wildman–Crippen LogP) is 3.09. The second kappa shape index (κ2) is 7.33. The van der Waals surface area contributed by atoms with Gasteiger partial charge in [-0.2, -0.15) is 0 Å². The molecule has 110 valence electrons. The zero-order valence-electron chi connectivity index (χ0n) is 11.5. The molecular weight excluding hydrogens is 260 g/mol. The number of rotatable bonds is 3. The molecule has 3 nitrogen and oxygen atoms in total. The molecule has 20 heavy (non-hydrogen) atoms. The molecule has 0 radical (unpaired) electrons. The summed E-state index contributed by atoms with van der Waals surface area (Å²) in [6, 6.07) is 4.06. The quantitative estimate of drug-likeness (QED) is 0.294. The average molecular weight is 281 g/mol. The fourth-order valence-corrected chi connectivity index (χ4v) is 2.61. The average Bonchev–Trinajstić information content (AvgIpc) is 2.70. The second-order valence-corrected chi connectivity index (χ2v) is 5.24. The Labute approximate surface area is 118 Å². The van der Waals surface area contributed by atoms with Crippen molar-refractivity contribution in [1.29, 1.82) is 0 Å². The van der Waals surface area contributed by atoms with Crippen LogP contribution in [0.1, 0.15) is 44.1 Å². The standard InChI is InChI=1S/C15H21F2N3/c16-13-8-5-9-14(17)12(13)10-15(20-18)19-11-6-3-1-2-4-7-11/h5,8-9,11H,1-4,6-7,10,18H2,(H,19,20). The molecule has 1 fully saturated rings. The van der Waals surface area contributed by atoms with E-state index in [-0.39, 0.29) is 18.0 Å². The first-order valence-corrected chi connectivity index (χ1v) is 7.17. The number of hydrogen-bond donors (Lipinski definition) is 2. The summed E-state index contributed by atoms with van der Waals surface area (Å²) in [5.74, 6) is 4.77. The van der Waals surface area contributed by atoms with Crippen molar-refractivity contribution >= 4 is 5.84 Å². The van der Waals surface area contributed by atoms with E-state index in [1.165, 1.54) is 31.0 Å². The number of aliphatic imine (C=N–C) groups is 1. The highest BCUT2D eigenvalue weighted by Gasteiger charge is 2.15. The molecule has 1 aromatic rings. The van der Waals surface area contributed by atoms with Gasteiger partial charge in [0.25, 0.3) is 0 Å². The number of hydrogen-bond acceptors (Lipinski definition) is 2. The van der Waals surface area contributed by atoms with Gasteiger partial charge in [0, 0.05) is 12.0 Å². The van der Waals surface area contributed by atoms with Crippen LogP contribution in [-0.2, 0) is 6.42 Å². The van der Waals surface area contributed by atoms with Crippen LogP contribution in [-0.4, -0.2) is 11.9 Å². The molecule has 0 atom stereocenters. The van der Waals surface area contributed by atoms with E-state index in [0.717, 1.165) is 25.7 Å². The molecule has 3 N–H and O–H groups in total. The van der Waals surface area contributed by atoms with Gasteiger partial charge in [0.2, 0.25) is 0 Å². The number of benzene rings is 1. The Bertz CT molecular complexity index is 446. The van der Waals surface area contributed by atoms with Crippen molar-refractivity contribution in [3.8, 4) is 0 Å². The van der Waals surface area contributed by atoms with Gasteiger partial charge in [0.05, 0.1) is 6.04 Å². The Morgan fingerprint density at radius 2 is 1.75 bits per heavy atom. The summed E-state index contributed by atoms with van der Waals surface area (Å²) in [6.45, 7) is 0. The molecular formula is C15H21F2N3. The van der Waals surface area contributed by atoms with Gasteiger partial charge in [-0.15, -0.1) is 0 Å². The monoisotopic (exact) mass is 281 g/mol. The molecule has 1 aliphatic carbocycles. The van der Waals surface area contributed by atoms with Crippen molar-refractivity contribution in [1.82, 2.24) is 5.43 Å². The molecule has 0 unspecified atom stereocenters. The molecule has 0 heterocycles. The highest BCUT2D eigenvalue weighted by atomic mass is 19.1. The molecule has 5 heteroatoms. The highest BCUT2D eigenvalue weighted by molar-refractivity contribution is 5.84. The lowest BCUT2D eigenvalue weighted by atomic mass is 10.1. The summed E-state index contributed by atoms with van der Waals surface area (Å²) in [7, 11) is 0. The predicted molar refractivity (Wildman–Crippen MR) is 76.3 cm³/mol. The van der Waals surface area contributed by atoms with E-state index in [9.17, 15) is 8.78 Å². The fourth-order valence-electron chi connectivity index (χ4n) is 2.61. The lowest BCUT2D eigenvalue weighted by molar-refractivity contribution is 0.559. The molecule has 1 saturated carbocycles. The van der Waals surface area contributed by atoms with Crippen LogP contribution >= 0.6 is 0 Å². The molecule has 0 bridgehead atoms. The van der Waals surface area contributed by atoms with Crippen LogP contribution in [0.15, 0.2) is 23.2 Å². The first kappa shape index (κ1) is 14.9. The zero-order chi connectivity index (χ0) is 14.4. The number of amidine groups is 1. The van der Waals surface area contributed by atoms with Gasteiger partial charge < -0.3 is 5.43 Å². The normalized spacial score (nSPS) is 17.9. The van der Waals surface area contributed by atoms with E-state index in [1.807, 2.05) is 0 Å². The van der Waals surface area contributed by atoms with Crippen molar-refractivity contribution in [2.75, 3.05) is 0 Å². The Balaban J connectivity index is 2.11. The maximum atomic E-state index is 13.6. The minimum absolute atomic E-state index is 0.0119. The van der Waals surface area contributed by atoms with Gasteiger partial charge in [-0.05, 0) is 25.0 Å². The van der Waals surface area contributed by atoms with E-state index in [2.05, 4.69) is 10.4 Å². The molecule has 1 aromatic carbocycles. The van der Waals surface area contributed by atoms with Gasteiger partial charge in [0.15, 0.2) is 0 Å². The van der Waals surface area contributed by atoms with Gasteiger partial charge in [-0.1, -0.05) is 31.7 Å². The van der Waals surface area contributed by atoms with Crippen LogP contribution in [0.3, 0.4) is 0 Å². The van der Waals surface area contributed by atoms with Crippen LogP contribution in [0.25, 0.3) is 0 Å². The number of nitrogens with zero attached hydrogens (tertiary/aromatic N) is 1. The van der Waals surface area contributed by atoms with Crippen molar-refractivity contribution < 1.29 is 8.78 Å². The smallest absolute Gasteiger partial charge is 0.129 e.